The minimum atomic E-state index is -4.20. The molecule has 0 aliphatic rings. The predicted molar refractivity (Wildman–Crippen MR) is 86.6 cm³/mol. The Hall–Kier alpha value is -2.95. The lowest BCUT2D eigenvalue weighted by molar-refractivity contribution is 0.367. The van der Waals surface area contributed by atoms with Crippen molar-refractivity contribution >= 4 is 26.7 Å². The summed E-state index contributed by atoms with van der Waals surface area (Å²) in [5.41, 5.74) is 0.584. The highest BCUT2D eigenvalue weighted by molar-refractivity contribution is 7.92. The van der Waals surface area contributed by atoms with Gasteiger partial charge >= 0.3 is 0 Å². The van der Waals surface area contributed by atoms with Crippen LogP contribution in [0.25, 0.3) is 10.9 Å². The van der Waals surface area contributed by atoms with Crippen molar-refractivity contribution in [1.82, 2.24) is 20.0 Å². The van der Waals surface area contributed by atoms with Crippen LogP contribution in [0.15, 0.2) is 29.4 Å². The number of aromatic nitrogens is 4. The number of hydrogen-bond donors (Lipinski definition) is 1. The Bertz CT molecular complexity index is 1050. The van der Waals surface area contributed by atoms with E-state index in [1.807, 2.05) is 0 Å². The van der Waals surface area contributed by atoms with Crippen LogP contribution in [-0.2, 0) is 17.1 Å². The van der Waals surface area contributed by atoms with Gasteiger partial charge in [-0.15, -0.1) is 5.10 Å². The van der Waals surface area contributed by atoms with Gasteiger partial charge in [0.2, 0.25) is 0 Å². The summed E-state index contributed by atoms with van der Waals surface area (Å²) in [5, 5.41) is 12.0. The third-order valence-electron chi connectivity index (χ3n) is 3.54. The Morgan fingerprint density at radius 3 is 2.56 bits per heavy atom. The summed E-state index contributed by atoms with van der Waals surface area (Å²) in [4.78, 5) is -0.393. The van der Waals surface area contributed by atoms with E-state index in [9.17, 15) is 12.8 Å². The molecule has 0 aliphatic heterocycles. The second kappa shape index (κ2) is 6.16. The summed E-state index contributed by atoms with van der Waals surface area (Å²) >= 11 is 0. The molecule has 9 nitrogen and oxygen atoms in total. The summed E-state index contributed by atoms with van der Waals surface area (Å²) in [6, 6.07) is 1.97. The number of anilines is 1. The zero-order chi connectivity index (χ0) is 18.2. The van der Waals surface area contributed by atoms with Gasteiger partial charge in [0, 0.05) is 19.2 Å². The van der Waals surface area contributed by atoms with Crippen LogP contribution in [0.3, 0.4) is 0 Å². The van der Waals surface area contributed by atoms with Crippen LogP contribution in [0, 0.1) is 5.82 Å². The molecule has 132 valence electrons. The minimum Gasteiger partial charge on any atom is -0.495 e. The summed E-state index contributed by atoms with van der Waals surface area (Å²) in [6.07, 6.45) is 2.90. The summed E-state index contributed by atoms with van der Waals surface area (Å²) in [5.74, 6) is -1.07. The SMILES string of the molecule is COc1cc(OC)c(S(=O)(=O)Nc2nncc3c2cnn3C)cc1F. The van der Waals surface area contributed by atoms with E-state index >= 15 is 0 Å². The molecule has 11 heteroatoms. The molecular weight excluding hydrogens is 353 g/mol. The summed E-state index contributed by atoms with van der Waals surface area (Å²) in [7, 11) is 0.0268. The molecule has 3 rings (SSSR count). The quantitative estimate of drug-likeness (QED) is 0.724. The Kier molecular flexibility index (Phi) is 4.17. The van der Waals surface area contributed by atoms with Gasteiger partial charge in [-0.1, -0.05) is 0 Å². The number of halogens is 1. The lowest BCUT2D eigenvalue weighted by atomic mass is 10.3. The minimum absolute atomic E-state index is 0.0242. The number of aryl methyl sites for hydroxylation is 1. The van der Waals surface area contributed by atoms with Crippen LogP contribution in [0.4, 0.5) is 10.2 Å². The normalized spacial score (nSPS) is 11.5. The maximum absolute atomic E-state index is 14.0. The number of sulfonamides is 1. The Balaban J connectivity index is 2.09. The average Bonchev–Trinajstić information content (AvgIpc) is 2.97. The van der Waals surface area contributed by atoms with Gasteiger partial charge in [0.05, 0.1) is 37.5 Å². The number of benzene rings is 1. The number of hydrogen-bond acceptors (Lipinski definition) is 7. The predicted octanol–water partition coefficient (Wildman–Crippen LogP) is 1.32. The molecule has 0 amide bonds. The molecule has 0 unspecified atom stereocenters. The Morgan fingerprint density at radius 1 is 1.16 bits per heavy atom. The van der Waals surface area contributed by atoms with E-state index in [-0.39, 0.29) is 17.3 Å². The summed E-state index contributed by atoms with van der Waals surface area (Å²) in [6.45, 7) is 0. The topological polar surface area (TPSA) is 108 Å². The molecule has 1 N–H and O–H groups in total. The van der Waals surface area contributed by atoms with Crippen LogP contribution in [0.2, 0.25) is 0 Å². The van der Waals surface area contributed by atoms with Crippen molar-refractivity contribution in [3.63, 3.8) is 0 Å². The number of rotatable bonds is 5. The maximum Gasteiger partial charge on any atom is 0.266 e. The van der Waals surface area contributed by atoms with Crippen molar-refractivity contribution in [2.24, 2.45) is 7.05 Å². The zero-order valence-electron chi connectivity index (χ0n) is 13.5. The van der Waals surface area contributed by atoms with Crippen molar-refractivity contribution < 1.29 is 22.3 Å². The number of fused-ring (bicyclic) bond motifs is 1. The fourth-order valence-corrected chi connectivity index (χ4v) is 3.46. The molecule has 25 heavy (non-hydrogen) atoms. The van der Waals surface area contributed by atoms with E-state index in [1.165, 1.54) is 31.3 Å². The van der Waals surface area contributed by atoms with Crippen LogP contribution in [0.1, 0.15) is 0 Å². The first-order valence-corrected chi connectivity index (χ1v) is 8.43. The van der Waals surface area contributed by atoms with Crippen molar-refractivity contribution in [2.75, 3.05) is 18.9 Å². The number of nitrogens with one attached hydrogen (secondary N) is 1. The van der Waals surface area contributed by atoms with Gasteiger partial charge in [-0.05, 0) is 0 Å². The fourth-order valence-electron chi connectivity index (χ4n) is 2.28. The first-order chi connectivity index (χ1) is 11.9. The van der Waals surface area contributed by atoms with Crippen molar-refractivity contribution in [3.05, 3.63) is 30.3 Å². The van der Waals surface area contributed by atoms with Gasteiger partial charge in [-0.25, -0.2) is 12.8 Å². The zero-order valence-corrected chi connectivity index (χ0v) is 14.3. The highest BCUT2D eigenvalue weighted by Gasteiger charge is 2.24. The van der Waals surface area contributed by atoms with E-state index in [4.69, 9.17) is 9.47 Å². The smallest absolute Gasteiger partial charge is 0.266 e. The maximum atomic E-state index is 14.0. The van der Waals surface area contributed by atoms with Gasteiger partial charge in [0.15, 0.2) is 17.4 Å². The van der Waals surface area contributed by atoms with Gasteiger partial charge in [-0.3, -0.25) is 9.40 Å². The summed E-state index contributed by atoms with van der Waals surface area (Å²) < 4.78 is 53.0. The average molecular weight is 367 g/mol. The second-order valence-electron chi connectivity index (χ2n) is 5.00. The van der Waals surface area contributed by atoms with E-state index in [0.29, 0.717) is 10.9 Å². The van der Waals surface area contributed by atoms with E-state index in [0.717, 1.165) is 12.1 Å². The molecule has 0 bridgehead atoms. The van der Waals surface area contributed by atoms with Crippen LogP contribution in [0.5, 0.6) is 11.5 Å². The molecule has 0 saturated carbocycles. The molecule has 2 aromatic heterocycles. The standard InChI is InChI=1S/C14H14FN5O4S/c1-20-10-7-16-18-14(8(10)6-17-20)19-25(21,22)13-4-9(15)11(23-2)5-12(13)24-3/h4-7H,1-3H3,(H,18,19). The lowest BCUT2D eigenvalue weighted by Crippen LogP contribution is -2.16. The number of nitrogens with zero attached hydrogens (tertiary/aromatic N) is 4. The van der Waals surface area contributed by atoms with Crippen molar-refractivity contribution in [2.45, 2.75) is 4.90 Å². The van der Waals surface area contributed by atoms with Crippen LogP contribution < -0.4 is 14.2 Å². The Labute approximate surface area is 142 Å². The number of methoxy groups -OCH3 is 2. The monoisotopic (exact) mass is 367 g/mol. The van der Waals surface area contributed by atoms with Crippen LogP contribution in [-0.4, -0.2) is 42.6 Å². The highest BCUT2D eigenvalue weighted by atomic mass is 32.2. The van der Waals surface area contributed by atoms with Crippen molar-refractivity contribution in [3.8, 4) is 11.5 Å². The van der Waals surface area contributed by atoms with Gasteiger partial charge in [0.25, 0.3) is 10.0 Å². The molecule has 0 fully saturated rings. The largest absolute Gasteiger partial charge is 0.495 e. The fraction of sp³-hybridized carbons (Fsp3) is 0.214. The molecule has 0 radical (unpaired) electrons. The second-order valence-corrected chi connectivity index (χ2v) is 6.65. The Morgan fingerprint density at radius 2 is 1.88 bits per heavy atom. The van der Waals surface area contributed by atoms with E-state index in [1.54, 1.807) is 7.05 Å². The molecular formula is C14H14FN5O4S. The molecule has 0 spiro atoms. The van der Waals surface area contributed by atoms with E-state index in [2.05, 4.69) is 20.0 Å². The molecule has 0 saturated heterocycles. The first kappa shape index (κ1) is 16.9. The molecule has 1 aromatic carbocycles. The highest BCUT2D eigenvalue weighted by Crippen LogP contribution is 2.32. The third kappa shape index (κ3) is 2.93. The van der Waals surface area contributed by atoms with Gasteiger partial charge in [0.1, 0.15) is 10.6 Å². The molecule has 3 aromatic rings. The van der Waals surface area contributed by atoms with Crippen LogP contribution >= 0.6 is 0 Å². The molecule has 0 atom stereocenters. The van der Waals surface area contributed by atoms with E-state index < -0.39 is 20.7 Å². The number of ether oxygens (including phenoxy) is 2. The molecule has 0 aliphatic carbocycles. The van der Waals surface area contributed by atoms with Crippen molar-refractivity contribution in [1.29, 1.82) is 0 Å². The lowest BCUT2D eigenvalue weighted by Gasteiger charge is -2.13. The molecule has 2 heterocycles. The van der Waals surface area contributed by atoms with Gasteiger partial charge in [-0.2, -0.15) is 10.2 Å². The third-order valence-corrected chi connectivity index (χ3v) is 4.90. The first-order valence-electron chi connectivity index (χ1n) is 6.95. The van der Waals surface area contributed by atoms with Gasteiger partial charge < -0.3 is 9.47 Å².